The van der Waals surface area contributed by atoms with Crippen molar-refractivity contribution >= 4 is 5.84 Å². The van der Waals surface area contributed by atoms with Crippen molar-refractivity contribution in [3.8, 4) is 11.5 Å². The van der Waals surface area contributed by atoms with Gasteiger partial charge < -0.3 is 10.5 Å². The van der Waals surface area contributed by atoms with Crippen molar-refractivity contribution < 1.29 is 13.5 Å². The number of benzene rings is 2. The third-order valence-electron chi connectivity index (χ3n) is 2.29. The Morgan fingerprint density at radius 3 is 2.50 bits per heavy atom. The number of halogens is 2. The van der Waals surface area contributed by atoms with Crippen LogP contribution in [0.4, 0.5) is 8.78 Å². The zero-order chi connectivity index (χ0) is 13.1. The summed E-state index contributed by atoms with van der Waals surface area (Å²) >= 11 is 0. The molecule has 0 fully saturated rings. The van der Waals surface area contributed by atoms with E-state index in [4.69, 9.17) is 15.9 Å². The van der Waals surface area contributed by atoms with Crippen molar-refractivity contribution in [2.24, 2.45) is 5.73 Å². The zero-order valence-electron chi connectivity index (χ0n) is 9.28. The van der Waals surface area contributed by atoms with Crippen molar-refractivity contribution in [1.29, 1.82) is 5.41 Å². The molecule has 0 bridgehead atoms. The van der Waals surface area contributed by atoms with E-state index in [1.807, 2.05) is 0 Å². The normalized spacial score (nSPS) is 10.1. The van der Waals surface area contributed by atoms with Crippen molar-refractivity contribution in [3.63, 3.8) is 0 Å². The predicted octanol–water partition coefficient (Wildman–Crippen LogP) is 3.04. The molecule has 0 unspecified atom stereocenters. The highest BCUT2D eigenvalue weighted by Gasteiger charge is 2.10. The lowest BCUT2D eigenvalue weighted by Gasteiger charge is -2.10. The van der Waals surface area contributed by atoms with Crippen LogP contribution in [0.25, 0.3) is 0 Å². The maximum atomic E-state index is 13.4. The molecule has 0 aliphatic rings. The molecule has 0 saturated carbocycles. The lowest BCUT2D eigenvalue weighted by Crippen LogP contribution is -2.12. The van der Waals surface area contributed by atoms with Crippen molar-refractivity contribution in [2.45, 2.75) is 0 Å². The molecule has 0 aliphatic carbocycles. The van der Waals surface area contributed by atoms with Gasteiger partial charge in [0.05, 0.1) is 5.56 Å². The third kappa shape index (κ3) is 2.45. The lowest BCUT2D eigenvalue weighted by atomic mass is 10.2. The minimum atomic E-state index is -0.685. The van der Waals surface area contributed by atoms with E-state index in [1.54, 1.807) is 18.2 Å². The van der Waals surface area contributed by atoms with Crippen LogP contribution < -0.4 is 10.5 Å². The first-order chi connectivity index (χ1) is 8.58. The molecule has 0 atom stereocenters. The van der Waals surface area contributed by atoms with Gasteiger partial charge in [0.25, 0.3) is 0 Å². The fourth-order valence-electron chi connectivity index (χ4n) is 1.45. The van der Waals surface area contributed by atoms with E-state index in [0.29, 0.717) is 5.56 Å². The molecule has 2 aromatic rings. The highest BCUT2D eigenvalue weighted by Crippen LogP contribution is 2.27. The zero-order valence-corrected chi connectivity index (χ0v) is 9.28. The van der Waals surface area contributed by atoms with Gasteiger partial charge in [0, 0.05) is 6.07 Å². The standard InChI is InChI=1S/C13H10F2N2O/c14-8-5-6-10(15)12(7-8)18-11-4-2-1-3-9(11)13(16)17/h1-7H,(H3,16,17). The van der Waals surface area contributed by atoms with E-state index in [0.717, 1.165) is 18.2 Å². The molecule has 3 N–H and O–H groups in total. The van der Waals surface area contributed by atoms with E-state index >= 15 is 0 Å². The number of nitrogens with two attached hydrogens (primary N) is 1. The number of nitrogen functional groups attached to an aromatic ring is 1. The van der Waals surface area contributed by atoms with Crippen LogP contribution in [0.3, 0.4) is 0 Å². The molecule has 0 radical (unpaired) electrons. The third-order valence-corrected chi connectivity index (χ3v) is 2.29. The summed E-state index contributed by atoms with van der Waals surface area (Å²) in [4.78, 5) is 0. The fourth-order valence-corrected chi connectivity index (χ4v) is 1.45. The van der Waals surface area contributed by atoms with Gasteiger partial charge in [-0.2, -0.15) is 0 Å². The van der Waals surface area contributed by atoms with Gasteiger partial charge in [-0.3, -0.25) is 5.41 Å². The summed E-state index contributed by atoms with van der Waals surface area (Å²) < 4.78 is 31.7. The van der Waals surface area contributed by atoms with Gasteiger partial charge in [0.1, 0.15) is 17.4 Å². The van der Waals surface area contributed by atoms with Crippen molar-refractivity contribution in [1.82, 2.24) is 0 Å². The molecule has 2 aromatic carbocycles. The number of nitrogens with one attached hydrogen (secondary N) is 1. The van der Waals surface area contributed by atoms with Crippen LogP contribution in [0.2, 0.25) is 0 Å². The fraction of sp³-hybridized carbons (Fsp3) is 0. The van der Waals surface area contributed by atoms with Crippen LogP contribution in [0.5, 0.6) is 11.5 Å². The largest absolute Gasteiger partial charge is 0.453 e. The van der Waals surface area contributed by atoms with Crippen LogP contribution in [0.15, 0.2) is 42.5 Å². The van der Waals surface area contributed by atoms with Crippen molar-refractivity contribution in [3.05, 3.63) is 59.7 Å². The predicted molar refractivity (Wildman–Crippen MR) is 63.9 cm³/mol. The van der Waals surface area contributed by atoms with Gasteiger partial charge in [-0.25, -0.2) is 8.78 Å². The first-order valence-electron chi connectivity index (χ1n) is 5.14. The van der Waals surface area contributed by atoms with E-state index in [-0.39, 0.29) is 17.3 Å². The molecule has 5 heteroatoms. The maximum Gasteiger partial charge on any atom is 0.166 e. The number of hydrogen-bond acceptors (Lipinski definition) is 2. The van der Waals surface area contributed by atoms with Crippen LogP contribution in [-0.2, 0) is 0 Å². The summed E-state index contributed by atoms with van der Waals surface area (Å²) in [6.07, 6.45) is 0. The van der Waals surface area contributed by atoms with Gasteiger partial charge in [-0.15, -0.1) is 0 Å². The van der Waals surface area contributed by atoms with E-state index in [1.165, 1.54) is 6.07 Å². The summed E-state index contributed by atoms with van der Waals surface area (Å²) in [6, 6.07) is 9.33. The molecule has 0 saturated heterocycles. The Balaban J connectivity index is 2.40. The van der Waals surface area contributed by atoms with Crippen molar-refractivity contribution in [2.75, 3.05) is 0 Å². The van der Waals surface area contributed by atoms with Crippen LogP contribution in [-0.4, -0.2) is 5.84 Å². The summed E-state index contributed by atoms with van der Waals surface area (Å²) in [5.74, 6) is -1.54. The Bertz CT molecular complexity index is 599. The van der Waals surface area contributed by atoms with Gasteiger partial charge in [-0.1, -0.05) is 12.1 Å². The first-order valence-corrected chi connectivity index (χ1v) is 5.14. The second-order valence-corrected chi connectivity index (χ2v) is 3.59. The second-order valence-electron chi connectivity index (χ2n) is 3.59. The smallest absolute Gasteiger partial charge is 0.166 e. The molecule has 0 spiro atoms. The number of amidine groups is 1. The van der Waals surface area contributed by atoms with Gasteiger partial charge in [0.2, 0.25) is 0 Å². The minimum absolute atomic E-state index is 0.203. The molecule has 18 heavy (non-hydrogen) atoms. The molecular formula is C13H10F2N2O. The Labute approximate surface area is 102 Å². The molecule has 0 aliphatic heterocycles. The Hall–Kier alpha value is -2.43. The van der Waals surface area contributed by atoms with E-state index in [2.05, 4.69) is 0 Å². The molecule has 2 rings (SSSR count). The molecule has 0 aromatic heterocycles. The second kappa shape index (κ2) is 4.83. The highest BCUT2D eigenvalue weighted by atomic mass is 19.1. The number of rotatable bonds is 3. The summed E-state index contributed by atoms with van der Waals surface area (Å²) in [5, 5.41) is 7.37. The van der Waals surface area contributed by atoms with Crippen LogP contribution in [0, 0.1) is 17.0 Å². The molecule has 3 nitrogen and oxygen atoms in total. The SMILES string of the molecule is N=C(N)c1ccccc1Oc1cc(F)ccc1F. The lowest BCUT2D eigenvalue weighted by molar-refractivity contribution is 0.436. The minimum Gasteiger partial charge on any atom is -0.453 e. The van der Waals surface area contributed by atoms with Gasteiger partial charge in [-0.05, 0) is 24.3 Å². The quantitative estimate of drug-likeness (QED) is 0.647. The topological polar surface area (TPSA) is 59.1 Å². The highest BCUT2D eigenvalue weighted by molar-refractivity contribution is 5.97. The Kier molecular flexibility index (Phi) is 3.23. The molecule has 0 heterocycles. The van der Waals surface area contributed by atoms with E-state index < -0.39 is 11.6 Å². The molecular weight excluding hydrogens is 238 g/mol. The average Bonchev–Trinajstić information content (AvgIpc) is 2.34. The number of hydrogen-bond donors (Lipinski definition) is 2. The molecule has 92 valence electrons. The Morgan fingerprint density at radius 2 is 1.78 bits per heavy atom. The first kappa shape index (κ1) is 12.0. The van der Waals surface area contributed by atoms with Crippen LogP contribution >= 0.6 is 0 Å². The molecule has 0 amide bonds. The number of ether oxygens (including phenoxy) is 1. The maximum absolute atomic E-state index is 13.4. The number of para-hydroxylation sites is 1. The Morgan fingerprint density at radius 1 is 1.06 bits per heavy atom. The summed E-state index contributed by atoms with van der Waals surface area (Å²) in [7, 11) is 0. The summed E-state index contributed by atoms with van der Waals surface area (Å²) in [6.45, 7) is 0. The van der Waals surface area contributed by atoms with Gasteiger partial charge >= 0.3 is 0 Å². The van der Waals surface area contributed by atoms with Gasteiger partial charge in [0.15, 0.2) is 11.6 Å². The monoisotopic (exact) mass is 248 g/mol. The summed E-state index contributed by atoms with van der Waals surface area (Å²) in [5.41, 5.74) is 5.69. The average molecular weight is 248 g/mol. The van der Waals surface area contributed by atoms with Crippen LogP contribution in [0.1, 0.15) is 5.56 Å². The van der Waals surface area contributed by atoms with E-state index in [9.17, 15) is 8.78 Å².